The van der Waals surface area contributed by atoms with E-state index in [-0.39, 0.29) is 5.91 Å². The van der Waals surface area contributed by atoms with Crippen LogP contribution in [0.25, 0.3) is 0 Å². The lowest BCUT2D eigenvalue weighted by Crippen LogP contribution is -2.24. The van der Waals surface area contributed by atoms with Crippen molar-refractivity contribution in [3.8, 4) is 0 Å². The number of nitrogens with one attached hydrogen (secondary N) is 1. The van der Waals surface area contributed by atoms with Crippen LogP contribution in [0.2, 0.25) is 0 Å². The first-order chi connectivity index (χ1) is 13.3. The van der Waals surface area contributed by atoms with Gasteiger partial charge in [0.25, 0.3) is 5.91 Å². The van der Waals surface area contributed by atoms with Crippen molar-refractivity contribution in [3.63, 3.8) is 0 Å². The lowest BCUT2D eigenvalue weighted by Gasteiger charge is -2.28. The Labute approximate surface area is 166 Å². The van der Waals surface area contributed by atoms with Crippen molar-refractivity contribution < 1.29 is 13.6 Å². The monoisotopic (exact) mass is 397 g/mol. The topological polar surface area (TPSA) is 90.3 Å². The average molecular weight is 397 g/mol. The molecule has 0 aliphatic heterocycles. The van der Waals surface area contributed by atoms with Crippen LogP contribution in [0.3, 0.4) is 0 Å². The fourth-order valence-electron chi connectivity index (χ4n) is 2.88. The SMILES string of the molecule is Cc1cccc(N(c2cc(C(=O)NCc3cnn(C)c3)ccc2C)S(=O)[O-])c1. The van der Waals surface area contributed by atoms with Gasteiger partial charge in [0.1, 0.15) is 0 Å². The van der Waals surface area contributed by atoms with Crippen LogP contribution in [-0.2, 0) is 24.9 Å². The first-order valence-corrected chi connectivity index (χ1v) is 9.71. The number of carbonyl (C=O) groups excluding carboxylic acids is 1. The first-order valence-electron chi connectivity index (χ1n) is 8.67. The second-order valence-electron chi connectivity index (χ2n) is 6.56. The van der Waals surface area contributed by atoms with E-state index in [2.05, 4.69) is 10.4 Å². The maximum Gasteiger partial charge on any atom is 0.251 e. The van der Waals surface area contributed by atoms with Crippen molar-refractivity contribution in [2.45, 2.75) is 20.4 Å². The number of hydrogen-bond acceptors (Lipinski definition) is 4. The molecule has 0 spiro atoms. The Balaban J connectivity index is 1.88. The third-order valence-corrected chi connectivity index (χ3v) is 4.99. The van der Waals surface area contributed by atoms with Gasteiger partial charge in [-0.15, -0.1) is 0 Å². The first kappa shape index (κ1) is 19.8. The largest absolute Gasteiger partial charge is 0.755 e. The van der Waals surface area contributed by atoms with Crippen LogP contribution in [0.4, 0.5) is 11.4 Å². The molecule has 0 aliphatic rings. The number of amides is 1. The summed E-state index contributed by atoms with van der Waals surface area (Å²) < 4.78 is 26.8. The zero-order valence-corrected chi connectivity index (χ0v) is 16.7. The smallest absolute Gasteiger partial charge is 0.251 e. The highest BCUT2D eigenvalue weighted by Crippen LogP contribution is 2.31. The minimum Gasteiger partial charge on any atom is -0.755 e. The molecule has 1 N–H and O–H groups in total. The summed E-state index contributed by atoms with van der Waals surface area (Å²) in [5.41, 5.74) is 3.90. The summed E-state index contributed by atoms with van der Waals surface area (Å²) in [6, 6.07) is 12.2. The Morgan fingerprint density at radius 2 is 2.04 bits per heavy atom. The van der Waals surface area contributed by atoms with Crippen LogP contribution in [0.1, 0.15) is 27.0 Å². The van der Waals surface area contributed by atoms with Crippen molar-refractivity contribution in [2.24, 2.45) is 7.05 Å². The molecule has 2 aromatic carbocycles. The molecular formula is C20H21N4O3S-. The number of hydrogen-bond donors (Lipinski definition) is 1. The molecule has 1 unspecified atom stereocenters. The van der Waals surface area contributed by atoms with Crippen LogP contribution >= 0.6 is 0 Å². The third-order valence-electron chi connectivity index (χ3n) is 4.29. The van der Waals surface area contributed by atoms with Gasteiger partial charge in [-0.2, -0.15) is 5.10 Å². The maximum absolute atomic E-state index is 12.6. The molecule has 7 nitrogen and oxygen atoms in total. The molecule has 0 saturated heterocycles. The van der Waals surface area contributed by atoms with Gasteiger partial charge in [0.15, 0.2) is 0 Å². The van der Waals surface area contributed by atoms with E-state index in [0.29, 0.717) is 23.5 Å². The highest BCUT2D eigenvalue weighted by atomic mass is 32.2. The van der Waals surface area contributed by atoms with E-state index in [1.54, 1.807) is 54.3 Å². The number of carbonyl (C=O) groups is 1. The van der Waals surface area contributed by atoms with Crippen molar-refractivity contribution in [1.82, 2.24) is 15.1 Å². The summed E-state index contributed by atoms with van der Waals surface area (Å²) in [7, 11) is 1.81. The van der Waals surface area contributed by atoms with Crippen LogP contribution in [0.15, 0.2) is 54.9 Å². The number of nitrogens with zero attached hydrogens (tertiary/aromatic N) is 3. The summed E-state index contributed by atoms with van der Waals surface area (Å²) in [4.78, 5) is 12.6. The second kappa shape index (κ2) is 8.37. The molecule has 0 saturated carbocycles. The number of rotatable bonds is 6. The average Bonchev–Trinajstić information content (AvgIpc) is 3.06. The lowest BCUT2D eigenvalue weighted by molar-refractivity contribution is 0.0951. The summed E-state index contributed by atoms with van der Waals surface area (Å²) in [5.74, 6) is -0.286. The quantitative estimate of drug-likeness (QED) is 0.648. The van der Waals surface area contributed by atoms with Crippen molar-refractivity contribution in [2.75, 3.05) is 4.31 Å². The molecule has 1 heterocycles. The Kier molecular flexibility index (Phi) is 5.91. The Hall–Kier alpha value is -2.97. The van der Waals surface area contributed by atoms with Gasteiger partial charge in [0.05, 0.1) is 28.8 Å². The van der Waals surface area contributed by atoms with E-state index in [4.69, 9.17) is 0 Å². The summed E-state index contributed by atoms with van der Waals surface area (Å²) in [6.07, 6.45) is 3.50. The van der Waals surface area contributed by atoms with Gasteiger partial charge in [-0.05, 0) is 49.2 Å². The molecule has 8 heteroatoms. The Morgan fingerprint density at radius 3 is 2.68 bits per heavy atom. The Bertz CT molecular complexity index is 1030. The van der Waals surface area contributed by atoms with Gasteiger partial charge >= 0.3 is 0 Å². The lowest BCUT2D eigenvalue weighted by atomic mass is 10.1. The predicted octanol–water partition coefficient (Wildman–Crippen LogP) is 2.90. The minimum atomic E-state index is -2.54. The molecule has 3 aromatic rings. The standard InChI is InChI=1S/C20H22N4O3S/c1-14-5-4-6-18(9-14)24(28(26)27)19-10-17(8-7-15(19)2)20(25)21-11-16-12-22-23(3)13-16/h4-10,12-13H,11H2,1-3H3,(H,21,25)(H,26,27)/p-1. The van der Waals surface area contributed by atoms with E-state index < -0.39 is 11.3 Å². The molecular weight excluding hydrogens is 376 g/mol. The molecule has 1 aromatic heterocycles. The van der Waals surface area contributed by atoms with Gasteiger partial charge in [-0.1, -0.05) is 18.2 Å². The van der Waals surface area contributed by atoms with E-state index in [0.717, 1.165) is 16.7 Å². The normalized spacial score (nSPS) is 11.9. The van der Waals surface area contributed by atoms with Crippen molar-refractivity contribution >= 4 is 28.5 Å². The summed E-state index contributed by atoms with van der Waals surface area (Å²) in [5, 5.41) is 6.89. The summed E-state index contributed by atoms with van der Waals surface area (Å²) in [6.45, 7) is 4.04. The highest BCUT2D eigenvalue weighted by molar-refractivity contribution is 7.81. The summed E-state index contributed by atoms with van der Waals surface area (Å²) >= 11 is -2.54. The zero-order chi connectivity index (χ0) is 20.3. The van der Waals surface area contributed by atoms with Crippen molar-refractivity contribution in [3.05, 3.63) is 77.1 Å². The van der Waals surface area contributed by atoms with Crippen molar-refractivity contribution in [1.29, 1.82) is 0 Å². The fraction of sp³-hybridized carbons (Fsp3) is 0.200. The van der Waals surface area contributed by atoms with Gasteiger partial charge in [-0.3, -0.25) is 18.0 Å². The van der Waals surface area contributed by atoms with Gasteiger partial charge in [-0.25, -0.2) is 0 Å². The minimum absolute atomic E-state index is 0.286. The van der Waals surface area contributed by atoms with Gasteiger partial charge < -0.3 is 9.87 Å². The van der Waals surface area contributed by atoms with Crippen LogP contribution in [-0.4, -0.2) is 24.4 Å². The third kappa shape index (κ3) is 4.47. The molecule has 0 aliphatic carbocycles. The molecule has 0 radical (unpaired) electrons. The van der Waals surface area contributed by atoms with E-state index >= 15 is 0 Å². The second-order valence-corrected chi connectivity index (χ2v) is 7.36. The molecule has 1 amide bonds. The molecule has 0 bridgehead atoms. The van der Waals surface area contributed by atoms with Crippen LogP contribution in [0, 0.1) is 13.8 Å². The zero-order valence-electron chi connectivity index (χ0n) is 15.9. The number of anilines is 2. The van der Waals surface area contributed by atoms with Crippen LogP contribution < -0.4 is 9.62 Å². The number of aromatic nitrogens is 2. The fourth-order valence-corrected chi connectivity index (χ4v) is 3.52. The predicted molar refractivity (Wildman–Crippen MR) is 108 cm³/mol. The van der Waals surface area contributed by atoms with E-state index in [1.807, 2.05) is 26.1 Å². The van der Waals surface area contributed by atoms with Crippen LogP contribution in [0.5, 0.6) is 0 Å². The Morgan fingerprint density at radius 1 is 1.25 bits per heavy atom. The highest BCUT2D eigenvalue weighted by Gasteiger charge is 2.16. The number of aryl methyl sites for hydroxylation is 3. The van der Waals surface area contributed by atoms with Gasteiger partial charge in [0, 0.05) is 30.9 Å². The molecule has 3 rings (SSSR count). The number of benzene rings is 2. The molecule has 28 heavy (non-hydrogen) atoms. The van der Waals surface area contributed by atoms with E-state index in [9.17, 15) is 13.6 Å². The maximum atomic E-state index is 12.6. The molecule has 1 atom stereocenters. The van der Waals surface area contributed by atoms with Gasteiger partial charge in [0.2, 0.25) is 0 Å². The van der Waals surface area contributed by atoms with E-state index in [1.165, 1.54) is 4.31 Å². The molecule has 0 fully saturated rings. The molecule has 146 valence electrons.